The number of halogens is 4. The van der Waals surface area contributed by atoms with Gasteiger partial charge in [-0.05, 0) is 48.1 Å². The largest absolute Gasteiger partial charge is 0.373 e. The quantitative estimate of drug-likeness (QED) is 0.531. The molecular weight excluding hydrogens is 308 g/mol. The van der Waals surface area contributed by atoms with Crippen LogP contribution in [0.15, 0.2) is 30.3 Å². The molecule has 2 aromatic carbocycles. The van der Waals surface area contributed by atoms with Crippen molar-refractivity contribution >= 4 is 0 Å². The number of hydrogen-bond acceptors (Lipinski definition) is 1. The Morgan fingerprint density at radius 2 is 1.61 bits per heavy atom. The molecule has 1 nitrogen and oxygen atoms in total. The van der Waals surface area contributed by atoms with Gasteiger partial charge >= 0.3 is 0 Å². The summed E-state index contributed by atoms with van der Waals surface area (Å²) in [7, 11) is 0. The minimum absolute atomic E-state index is 0.0238. The molecule has 2 aromatic rings. The van der Waals surface area contributed by atoms with Crippen LogP contribution in [0.4, 0.5) is 17.6 Å². The van der Waals surface area contributed by atoms with Gasteiger partial charge in [-0.1, -0.05) is 19.1 Å². The van der Waals surface area contributed by atoms with Gasteiger partial charge in [-0.2, -0.15) is 0 Å². The van der Waals surface area contributed by atoms with Crippen molar-refractivity contribution in [1.82, 2.24) is 0 Å². The van der Waals surface area contributed by atoms with E-state index >= 15 is 0 Å². The van der Waals surface area contributed by atoms with Crippen molar-refractivity contribution in [2.75, 3.05) is 6.61 Å². The van der Waals surface area contributed by atoms with Crippen LogP contribution in [-0.4, -0.2) is 6.61 Å². The predicted molar refractivity (Wildman–Crippen MR) is 78.8 cm³/mol. The highest BCUT2D eigenvalue weighted by molar-refractivity contribution is 5.64. The molecule has 1 saturated heterocycles. The van der Waals surface area contributed by atoms with Gasteiger partial charge in [-0.15, -0.1) is 0 Å². The van der Waals surface area contributed by atoms with Crippen LogP contribution in [-0.2, 0) is 4.74 Å². The second-order valence-corrected chi connectivity index (χ2v) is 6.00. The standard InChI is InChI=1S/C18H16F4O/c1-10-2-5-17(23-9-10)11-3-4-13(14(19)6-11)12-7-15(20)18(22)16(21)8-12/h3-4,6-8,10,17H,2,5,9H2,1H3. The Hall–Kier alpha value is -1.88. The SMILES string of the molecule is CC1CCC(c2ccc(-c3cc(F)c(F)c(F)c3)c(F)c2)OC1. The average molecular weight is 324 g/mol. The third-order valence-electron chi connectivity index (χ3n) is 4.16. The van der Waals surface area contributed by atoms with Crippen molar-refractivity contribution in [3.63, 3.8) is 0 Å². The van der Waals surface area contributed by atoms with Gasteiger partial charge in [-0.3, -0.25) is 0 Å². The van der Waals surface area contributed by atoms with Crippen LogP contribution in [0.2, 0.25) is 0 Å². The van der Waals surface area contributed by atoms with E-state index in [0.29, 0.717) is 18.1 Å². The Balaban J connectivity index is 1.91. The van der Waals surface area contributed by atoms with E-state index in [1.54, 1.807) is 6.07 Å². The summed E-state index contributed by atoms with van der Waals surface area (Å²) in [5, 5.41) is 0. The monoisotopic (exact) mass is 324 g/mol. The highest BCUT2D eigenvalue weighted by atomic mass is 19.2. The van der Waals surface area contributed by atoms with Gasteiger partial charge in [0.25, 0.3) is 0 Å². The maximum absolute atomic E-state index is 14.3. The first-order chi connectivity index (χ1) is 11.0. The molecule has 0 spiro atoms. The second-order valence-electron chi connectivity index (χ2n) is 6.00. The first kappa shape index (κ1) is 16.0. The van der Waals surface area contributed by atoms with E-state index in [9.17, 15) is 17.6 Å². The van der Waals surface area contributed by atoms with E-state index in [4.69, 9.17) is 4.74 Å². The first-order valence-electron chi connectivity index (χ1n) is 7.51. The molecule has 5 heteroatoms. The van der Waals surface area contributed by atoms with Crippen LogP contribution >= 0.6 is 0 Å². The zero-order chi connectivity index (χ0) is 16.6. The topological polar surface area (TPSA) is 9.23 Å². The van der Waals surface area contributed by atoms with E-state index in [1.807, 2.05) is 0 Å². The summed E-state index contributed by atoms with van der Waals surface area (Å²) < 4.78 is 59.7. The van der Waals surface area contributed by atoms with Gasteiger partial charge in [0.15, 0.2) is 17.5 Å². The summed E-state index contributed by atoms with van der Waals surface area (Å²) in [4.78, 5) is 0. The van der Waals surface area contributed by atoms with Gasteiger partial charge in [0.2, 0.25) is 0 Å². The lowest BCUT2D eigenvalue weighted by atomic mass is 9.94. The van der Waals surface area contributed by atoms with E-state index < -0.39 is 23.3 Å². The summed E-state index contributed by atoms with van der Waals surface area (Å²) in [5.74, 6) is -4.37. The molecule has 0 saturated carbocycles. The molecule has 23 heavy (non-hydrogen) atoms. The van der Waals surface area contributed by atoms with Gasteiger partial charge in [0, 0.05) is 12.2 Å². The zero-order valence-electron chi connectivity index (χ0n) is 12.6. The van der Waals surface area contributed by atoms with Crippen molar-refractivity contribution in [3.05, 3.63) is 59.2 Å². The van der Waals surface area contributed by atoms with Crippen LogP contribution in [0.1, 0.15) is 31.4 Å². The summed E-state index contributed by atoms with van der Waals surface area (Å²) in [6.07, 6.45) is 1.64. The minimum Gasteiger partial charge on any atom is -0.373 e. The molecule has 0 aromatic heterocycles. The number of rotatable bonds is 2. The van der Waals surface area contributed by atoms with Gasteiger partial charge in [-0.25, -0.2) is 17.6 Å². The lowest BCUT2D eigenvalue weighted by Crippen LogP contribution is -2.18. The van der Waals surface area contributed by atoms with E-state index in [-0.39, 0.29) is 17.2 Å². The lowest BCUT2D eigenvalue weighted by molar-refractivity contribution is -0.0125. The van der Waals surface area contributed by atoms with Crippen molar-refractivity contribution < 1.29 is 22.3 Å². The third kappa shape index (κ3) is 3.24. The summed E-state index contributed by atoms with van der Waals surface area (Å²) in [5.41, 5.74) is 0.681. The Morgan fingerprint density at radius 3 is 2.17 bits per heavy atom. The number of hydrogen-bond donors (Lipinski definition) is 0. The Morgan fingerprint density at radius 1 is 0.913 bits per heavy atom. The fourth-order valence-corrected chi connectivity index (χ4v) is 2.82. The molecule has 1 aliphatic rings. The van der Waals surface area contributed by atoms with Crippen LogP contribution in [0.3, 0.4) is 0 Å². The van der Waals surface area contributed by atoms with E-state index in [0.717, 1.165) is 25.0 Å². The van der Waals surface area contributed by atoms with Crippen LogP contribution in [0.25, 0.3) is 11.1 Å². The van der Waals surface area contributed by atoms with Gasteiger partial charge in [0.1, 0.15) is 5.82 Å². The minimum atomic E-state index is -1.56. The molecule has 2 unspecified atom stereocenters. The molecule has 2 atom stereocenters. The molecule has 0 radical (unpaired) electrons. The summed E-state index contributed by atoms with van der Waals surface area (Å²) in [6.45, 7) is 2.72. The molecule has 0 amide bonds. The zero-order valence-corrected chi connectivity index (χ0v) is 12.6. The maximum Gasteiger partial charge on any atom is 0.194 e. The molecule has 1 fully saturated rings. The Bertz CT molecular complexity index is 698. The van der Waals surface area contributed by atoms with Gasteiger partial charge in [0.05, 0.1) is 6.10 Å². The molecule has 1 aliphatic heterocycles. The fraction of sp³-hybridized carbons (Fsp3) is 0.333. The fourth-order valence-electron chi connectivity index (χ4n) is 2.82. The smallest absolute Gasteiger partial charge is 0.194 e. The van der Waals surface area contributed by atoms with Crippen molar-refractivity contribution in [1.29, 1.82) is 0 Å². The maximum atomic E-state index is 14.3. The third-order valence-corrected chi connectivity index (χ3v) is 4.16. The normalized spacial score (nSPS) is 21.4. The van der Waals surface area contributed by atoms with Crippen LogP contribution < -0.4 is 0 Å². The highest BCUT2D eigenvalue weighted by Gasteiger charge is 2.22. The predicted octanol–water partition coefficient (Wildman–Crippen LogP) is 5.40. The summed E-state index contributed by atoms with van der Waals surface area (Å²) in [6, 6.07) is 6.01. The Kier molecular flexibility index (Phi) is 4.39. The highest BCUT2D eigenvalue weighted by Crippen LogP contribution is 2.33. The second kappa shape index (κ2) is 6.32. The molecule has 3 rings (SSSR count). The lowest BCUT2D eigenvalue weighted by Gasteiger charge is -2.27. The molecule has 1 heterocycles. The van der Waals surface area contributed by atoms with Crippen LogP contribution in [0.5, 0.6) is 0 Å². The average Bonchev–Trinajstić information content (AvgIpc) is 2.53. The Labute approximate surface area is 131 Å². The molecule has 0 aliphatic carbocycles. The molecule has 0 N–H and O–H groups in total. The number of ether oxygens (including phenoxy) is 1. The van der Waals surface area contributed by atoms with Gasteiger partial charge < -0.3 is 4.74 Å². The molecule has 0 bridgehead atoms. The first-order valence-corrected chi connectivity index (χ1v) is 7.51. The van der Waals surface area contributed by atoms with Crippen molar-refractivity contribution in [2.45, 2.75) is 25.9 Å². The van der Waals surface area contributed by atoms with E-state index in [1.165, 1.54) is 12.1 Å². The van der Waals surface area contributed by atoms with Crippen molar-refractivity contribution in [3.8, 4) is 11.1 Å². The number of benzene rings is 2. The van der Waals surface area contributed by atoms with Crippen LogP contribution in [0, 0.1) is 29.2 Å². The van der Waals surface area contributed by atoms with E-state index in [2.05, 4.69) is 6.92 Å². The summed E-state index contributed by atoms with van der Waals surface area (Å²) >= 11 is 0. The van der Waals surface area contributed by atoms with Crippen molar-refractivity contribution in [2.24, 2.45) is 5.92 Å². The molecule has 122 valence electrons. The molecular formula is C18H16F4O.